The molecule has 0 bridgehead atoms. The number of fused-ring (bicyclic) bond motifs is 1. The highest BCUT2D eigenvalue weighted by molar-refractivity contribution is 7.80. The summed E-state index contributed by atoms with van der Waals surface area (Å²) >= 11 is 5.07. The Hall–Kier alpha value is -2.60. The number of carboxylic acid groups (broad SMARTS) is 1. The van der Waals surface area contributed by atoms with Gasteiger partial charge >= 0.3 is 5.97 Å². The highest BCUT2D eigenvalue weighted by Crippen LogP contribution is 2.37. The highest BCUT2D eigenvalue weighted by atomic mass is 32.1. The van der Waals surface area contributed by atoms with Crippen LogP contribution in [-0.4, -0.2) is 29.3 Å². The number of benzene rings is 2. The molecule has 6 heteroatoms. The van der Waals surface area contributed by atoms with Crippen molar-refractivity contribution in [3.63, 3.8) is 0 Å². The average molecular weight is 428 g/mol. The van der Waals surface area contributed by atoms with Gasteiger partial charge in [0.15, 0.2) is 0 Å². The first-order chi connectivity index (χ1) is 14.5. The molecule has 0 saturated carbocycles. The lowest BCUT2D eigenvalue weighted by Crippen LogP contribution is -2.11. The van der Waals surface area contributed by atoms with Crippen molar-refractivity contribution in [2.75, 3.05) is 13.2 Å². The van der Waals surface area contributed by atoms with E-state index in [0.717, 1.165) is 60.3 Å². The zero-order valence-electron chi connectivity index (χ0n) is 17.4. The number of carbonyl (C=O) groups is 1. The largest absolute Gasteiger partial charge is 0.493 e. The van der Waals surface area contributed by atoms with Crippen molar-refractivity contribution in [2.45, 2.75) is 51.4 Å². The van der Waals surface area contributed by atoms with Crippen LogP contribution in [0.5, 0.6) is 11.5 Å². The first-order valence-electron chi connectivity index (χ1n) is 10.5. The van der Waals surface area contributed by atoms with Crippen LogP contribution in [0.4, 0.5) is 0 Å². The molecular weight excluding hydrogens is 398 g/mol. The minimum atomic E-state index is -0.740. The first kappa shape index (κ1) is 22.1. The standard InChI is InChI=1S/C24H29NO4S/c1-2-4-18-13-19(24(25)30)7-10-22(18)29-12-3-11-28-20-8-9-21-16(14-20)5-6-17(21)15-23(26)27/h7-10,13-14,17H,2-6,11-12,15H2,1H3,(H2,25,30)(H,26,27)/t17-/m0/s1. The predicted molar refractivity (Wildman–Crippen MR) is 122 cm³/mol. The van der Waals surface area contributed by atoms with E-state index in [4.69, 9.17) is 32.5 Å². The minimum absolute atomic E-state index is 0.122. The number of aliphatic carboxylic acids is 1. The molecule has 2 aromatic rings. The fraction of sp³-hybridized carbons (Fsp3) is 0.417. The molecule has 1 aliphatic rings. The van der Waals surface area contributed by atoms with Gasteiger partial charge in [-0.05, 0) is 72.2 Å². The number of carboxylic acids is 1. The molecule has 1 atom stereocenters. The van der Waals surface area contributed by atoms with Crippen LogP contribution in [0.25, 0.3) is 0 Å². The second kappa shape index (κ2) is 10.4. The zero-order valence-corrected chi connectivity index (χ0v) is 18.2. The van der Waals surface area contributed by atoms with Crippen molar-refractivity contribution in [1.29, 1.82) is 0 Å². The maximum atomic E-state index is 11.0. The van der Waals surface area contributed by atoms with Crippen molar-refractivity contribution in [1.82, 2.24) is 0 Å². The van der Waals surface area contributed by atoms with Crippen molar-refractivity contribution >= 4 is 23.2 Å². The highest BCUT2D eigenvalue weighted by Gasteiger charge is 2.24. The number of ether oxygens (including phenoxy) is 2. The molecule has 1 aliphatic carbocycles. The van der Waals surface area contributed by atoms with Gasteiger partial charge in [-0.2, -0.15) is 0 Å². The third-order valence-electron chi connectivity index (χ3n) is 5.42. The lowest BCUT2D eigenvalue weighted by molar-refractivity contribution is -0.137. The zero-order chi connectivity index (χ0) is 21.5. The Labute approximate surface area is 183 Å². The minimum Gasteiger partial charge on any atom is -0.493 e. The van der Waals surface area contributed by atoms with Crippen molar-refractivity contribution in [2.24, 2.45) is 5.73 Å². The Balaban J connectivity index is 1.48. The summed E-state index contributed by atoms with van der Waals surface area (Å²) < 4.78 is 11.9. The van der Waals surface area contributed by atoms with Gasteiger partial charge in [-0.1, -0.05) is 31.6 Å². The van der Waals surface area contributed by atoms with E-state index < -0.39 is 5.97 Å². The molecule has 5 nitrogen and oxygen atoms in total. The van der Waals surface area contributed by atoms with Gasteiger partial charge in [0.2, 0.25) is 0 Å². The Morgan fingerprint density at radius 1 is 1.20 bits per heavy atom. The van der Waals surface area contributed by atoms with E-state index in [1.54, 1.807) is 0 Å². The van der Waals surface area contributed by atoms with Crippen LogP contribution >= 0.6 is 12.2 Å². The van der Waals surface area contributed by atoms with Crippen LogP contribution in [0.1, 0.15) is 60.8 Å². The number of hydrogen-bond acceptors (Lipinski definition) is 4. The summed E-state index contributed by atoms with van der Waals surface area (Å²) in [6.45, 7) is 3.26. The molecule has 0 saturated heterocycles. The van der Waals surface area contributed by atoms with E-state index in [-0.39, 0.29) is 12.3 Å². The number of thiocarbonyl (C=S) groups is 1. The molecular formula is C24H29NO4S. The summed E-state index contributed by atoms with van der Waals surface area (Å²) in [6, 6.07) is 11.9. The summed E-state index contributed by atoms with van der Waals surface area (Å²) in [5.74, 6) is 1.09. The quantitative estimate of drug-likeness (QED) is 0.402. The van der Waals surface area contributed by atoms with Gasteiger partial charge in [0.25, 0.3) is 0 Å². The molecule has 0 aromatic heterocycles. The van der Waals surface area contributed by atoms with E-state index in [2.05, 4.69) is 6.92 Å². The monoisotopic (exact) mass is 427 g/mol. The maximum absolute atomic E-state index is 11.0. The Morgan fingerprint density at radius 2 is 2.00 bits per heavy atom. The molecule has 160 valence electrons. The molecule has 3 N–H and O–H groups in total. The summed E-state index contributed by atoms with van der Waals surface area (Å²) in [7, 11) is 0. The second-order valence-corrected chi connectivity index (χ2v) is 8.12. The van der Waals surface area contributed by atoms with Crippen LogP contribution in [0.3, 0.4) is 0 Å². The molecule has 0 fully saturated rings. The summed E-state index contributed by atoms with van der Waals surface area (Å²) in [6.07, 6.45) is 4.71. The molecule has 0 heterocycles. The summed E-state index contributed by atoms with van der Waals surface area (Å²) in [4.78, 5) is 11.4. The smallest absolute Gasteiger partial charge is 0.303 e. The normalized spacial score (nSPS) is 14.9. The molecule has 3 rings (SSSR count). The van der Waals surface area contributed by atoms with Crippen LogP contribution in [0, 0.1) is 0 Å². The van der Waals surface area contributed by atoms with Gasteiger partial charge in [0.05, 0.1) is 19.6 Å². The Kier molecular flexibility index (Phi) is 7.69. The van der Waals surface area contributed by atoms with E-state index in [1.165, 1.54) is 5.56 Å². The second-order valence-electron chi connectivity index (χ2n) is 7.68. The molecule has 0 aliphatic heterocycles. The summed E-state index contributed by atoms with van der Waals surface area (Å²) in [5.41, 5.74) is 10.1. The third-order valence-corrected chi connectivity index (χ3v) is 5.65. The molecule has 0 unspecified atom stereocenters. The fourth-order valence-electron chi connectivity index (χ4n) is 3.96. The molecule has 2 aromatic carbocycles. The predicted octanol–water partition coefficient (Wildman–Crippen LogP) is 4.63. The van der Waals surface area contributed by atoms with E-state index in [1.807, 2.05) is 36.4 Å². The van der Waals surface area contributed by atoms with E-state index in [9.17, 15) is 4.79 Å². The van der Waals surface area contributed by atoms with Gasteiger partial charge in [-0.3, -0.25) is 4.79 Å². The van der Waals surface area contributed by atoms with Gasteiger partial charge in [0.1, 0.15) is 16.5 Å². The van der Waals surface area contributed by atoms with Crippen molar-refractivity contribution in [3.05, 3.63) is 58.7 Å². The molecule has 0 radical (unpaired) electrons. The number of rotatable bonds is 11. The van der Waals surface area contributed by atoms with Gasteiger partial charge < -0.3 is 20.3 Å². The van der Waals surface area contributed by atoms with Crippen LogP contribution in [0.15, 0.2) is 36.4 Å². The summed E-state index contributed by atoms with van der Waals surface area (Å²) in [5, 5.41) is 9.04. The Bertz CT molecular complexity index is 912. The number of nitrogens with two attached hydrogens (primary N) is 1. The lowest BCUT2D eigenvalue weighted by Gasteiger charge is -2.13. The van der Waals surface area contributed by atoms with E-state index >= 15 is 0 Å². The SMILES string of the molecule is CCCc1cc(C(N)=S)ccc1OCCCOc1ccc2c(c1)CC[C@H]2CC(=O)O. The number of hydrogen-bond donors (Lipinski definition) is 2. The first-order valence-corrected chi connectivity index (χ1v) is 10.9. The van der Waals surface area contributed by atoms with Gasteiger partial charge in [-0.25, -0.2) is 0 Å². The Morgan fingerprint density at radius 3 is 2.73 bits per heavy atom. The number of aryl methyl sites for hydroxylation is 2. The molecule has 0 amide bonds. The van der Waals surface area contributed by atoms with Crippen molar-refractivity contribution in [3.8, 4) is 11.5 Å². The molecule has 0 spiro atoms. The van der Waals surface area contributed by atoms with Crippen molar-refractivity contribution < 1.29 is 19.4 Å². The van der Waals surface area contributed by atoms with Gasteiger partial charge in [0, 0.05) is 12.0 Å². The maximum Gasteiger partial charge on any atom is 0.303 e. The lowest BCUT2D eigenvalue weighted by atomic mass is 9.98. The van der Waals surface area contributed by atoms with Crippen LogP contribution in [0.2, 0.25) is 0 Å². The van der Waals surface area contributed by atoms with Crippen LogP contribution in [-0.2, 0) is 17.6 Å². The van der Waals surface area contributed by atoms with E-state index in [0.29, 0.717) is 18.2 Å². The fourth-order valence-corrected chi connectivity index (χ4v) is 4.09. The van der Waals surface area contributed by atoms with Crippen LogP contribution < -0.4 is 15.2 Å². The topological polar surface area (TPSA) is 81.8 Å². The van der Waals surface area contributed by atoms with Gasteiger partial charge in [-0.15, -0.1) is 0 Å². The third kappa shape index (κ3) is 5.72. The molecule has 30 heavy (non-hydrogen) atoms. The average Bonchev–Trinajstić information content (AvgIpc) is 3.10.